The lowest BCUT2D eigenvalue weighted by atomic mass is 9.62. The summed E-state index contributed by atoms with van der Waals surface area (Å²) in [7, 11) is 0. The van der Waals surface area contributed by atoms with E-state index in [2.05, 4.69) is 5.32 Å². The van der Waals surface area contributed by atoms with Gasteiger partial charge in [-0.3, -0.25) is 4.79 Å². The Labute approximate surface area is 127 Å². The van der Waals surface area contributed by atoms with Gasteiger partial charge in [0.2, 0.25) is 0 Å². The summed E-state index contributed by atoms with van der Waals surface area (Å²) in [6.45, 7) is 9.54. The van der Waals surface area contributed by atoms with Crippen molar-refractivity contribution < 1.29 is 19.4 Å². The second kappa shape index (κ2) is 6.67. The largest absolute Gasteiger partial charge is 0.481 e. The average molecular weight is 299 g/mol. The summed E-state index contributed by atoms with van der Waals surface area (Å²) in [4.78, 5) is 23.7. The number of carbonyl (C=O) groups excluding carboxylic acids is 1. The maximum atomic E-state index is 11.9. The van der Waals surface area contributed by atoms with Crippen molar-refractivity contribution in [2.75, 3.05) is 6.54 Å². The third kappa shape index (κ3) is 4.90. The van der Waals surface area contributed by atoms with Gasteiger partial charge in [-0.2, -0.15) is 0 Å². The third-order valence-corrected chi connectivity index (χ3v) is 4.03. The number of carbonyl (C=O) groups is 2. The first-order valence-electron chi connectivity index (χ1n) is 7.77. The van der Waals surface area contributed by atoms with Gasteiger partial charge in [0.1, 0.15) is 5.60 Å². The van der Waals surface area contributed by atoms with Crippen molar-refractivity contribution in [3.63, 3.8) is 0 Å². The number of carboxylic acids is 1. The molecule has 0 spiro atoms. The van der Waals surface area contributed by atoms with Crippen LogP contribution in [0, 0.1) is 17.3 Å². The molecule has 1 unspecified atom stereocenters. The van der Waals surface area contributed by atoms with E-state index in [0.717, 1.165) is 19.3 Å². The van der Waals surface area contributed by atoms with E-state index in [9.17, 15) is 14.7 Å². The van der Waals surface area contributed by atoms with Crippen LogP contribution in [-0.2, 0) is 9.53 Å². The normalized spacial score (nSPS) is 18.8. The highest BCUT2D eigenvalue weighted by Crippen LogP contribution is 2.46. The van der Waals surface area contributed by atoms with Crippen LogP contribution in [0.3, 0.4) is 0 Å². The van der Waals surface area contributed by atoms with Crippen molar-refractivity contribution in [1.29, 1.82) is 0 Å². The fourth-order valence-corrected chi connectivity index (χ4v) is 2.95. The minimum absolute atomic E-state index is 0.139. The number of aliphatic carboxylic acids is 1. The van der Waals surface area contributed by atoms with Gasteiger partial charge in [0.25, 0.3) is 0 Å². The summed E-state index contributed by atoms with van der Waals surface area (Å²) in [5.74, 6) is -0.397. The van der Waals surface area contributed by atoms with Crippen molar-refractivity contribution in [3.05, 3.63) is 0 Å². The van der Waals surface area contributed by atoms with Gasteiger partial charge in [0, 0.05) is 6.54 Å². The van der Waals surface area contributed by atoms with E-state index in [-0.39, 0.29) is 18.4 Å². The highest BCUT2D eigenvalue weighted by atomic mass is 16.6. The first-order chi connectivity index (χ1) is 9.57. The topological polar surface area (TPSA) is 75.6 Å². The Hall–Kier alpha value is -1.26. The Morgan fingerprint density at radius 1 is 1.29 bits per heavy atom. The van der Waals surface area contributed by atoms with Gasteiger partial charge in [0.05, 0.1) is 5.41 Å². The Bertz CT molecular complexity index is 382. The fraction of sp³-hybridized carbons (Fsp3) is 0.875. The minimum Gasteiger partial charge on any atom is -0.481 e. The second-order valence-electron chi connectivity index (χ2n) is 7.54. The van der Waals surface area contributed by atoms with Crippen molar-refractivity contribution >= 4 is 12.1 Å². The number of hydrogen-bond acceptors (Lipinski definition) is 3. The van der Waals surface area contributed by atoms with Crippen LogP contribution in [-0.4, -0.2) is 29.3 Å². The second-order valence-corrected chi connectivity index (χ2v) is 7.54. The van der Waals surface area contributed by atoms with Gasteiger partial charge in [-0.15, -0.1) is 0 Å². The molecule has 0 aromatic carbocycles. The van der Waals surface area contributed by atoms with E-state index in [1.165, 1.54) is 0 Å². The number of amides is 1. The number of alkyl carbamates (subject to hydrolysis) is 1. The minimum atomic E-state index is -0.872. The molecule has 0 aromatic heterocycles. The van der Waals surface area contributed by atoms with Crippen LogP contribution in [0.5, 0.6) is 0 Å². The molecule has 1 rings (SSSR count). The molecule has 5 nitrogen and oxygen atoms in total. The Morgan fingerprint density at radius 3 is 2.19 bits per heavy atom. The average Bonchev–Trinajstić information content (AvgIpc) is 2.19. The maximum absolute atomic E-state index is 11.9. The van der Waals surface area contributed by atoms with Gasteiger partial charge in [0.15, 0.2) is 0 Å². The van der Waals surface area contributed by atoms with Gasteiger partial charge in [-0.05, 0) is 51.9 Å². The molecule has 0 radical (unpaired) electrons. The number of rotatable bonds is 6. The molecule has 2 N–H and O–H groups in total. The smallest absolute Gasteiger partial charge is 0.407 e. The molecule has 21 heavy (non-hydrogen) atoms. The van der Waals surface area contributed by atoms with E-state index in [1.54, 1.807) is 20.8 Å². The van der Waals surface area contributed by atoms with Crippen LogP contribution in [0.25, 0.3) is 0 Å². The number of ether oxygens (including phenoxy) is 1. The molecule has 1 fully saturated rings. The first-order valence-corrected chi connectivity index (χ1v) is 7.77. The molecule has 0 saturated heterocycles. The molecule has 1 aliphatic carbocycles. The predicted octanol–water partition coefficient (Wildman–Crippen LogP) is 3.43. The molecular formula is C16H29NO4. The molecule has 1 aliphatic rings. The molecule has 1 atom stereocenters. The zero-order valence-corrected chi connectivity index (χ0v) is 13.9. The fourth-order valence-electron chi connectivity index (χ4n) is 2.95. The summed E-state index contributed by atoms with van der Waals surface area (Å²) in [6, 6.07) is 0. The summed E-state index contributed by atoms with van der Waals surface area (Å²) < 4.78 is 5.21. The van der Waals surface area contributed by atoms with Crippen LogP contribution in [0.4, 0.5) is 4.79 Å². The predicted molar refractivity (Wildman–Crippen MR) is 81.1 cm³/mol. The lowest BCUT2D eigenvalue weighted by Gasteiger charge is -2.43. The lowest BCUT2D eigenvalue weighted by molar-refractivity contribution is -0.156. The van der Waals surface area contributed by atoms with E-state index in [4.69, 9.17) is 4.74 Å². The van der Waals surface area contributed by atoms with Crippen molar-refractivity contribution in [1.82, 2.24) is 5.32 Å². The third-order valence-electron chi connectivity index (χ3n) is 4.03. The highest BCUT2D eigenvalue weighted by molar-refractivity contribution is 5.77. The zero-order valence-electron chi connectivity index (χ0n) is 13.9. The summed E-state index contributed by atoms with van der Waals surface area (Å²) in [6.07, 6.45) is 2.95. The molecule has 1 saturated carbocycles. The molecule has 5 heteroatoms. The first kappa shape index (κ1) is 17.8. The molecule has 1 amide bonds. The molecule has 0 aromatic rings. The summed E-state index contributed by atoms with van der Waals surface area (Å²) in [5.41, 5.74) is -1.45. The quantitative estimate of drug-likeness (QED) is 0.788. The van der Waals surface area contributed by atoms with Crippen LogP contribution >= 0.6 is 0 Å². The van der Waals surface area contributed by atoms with Crippen LogP contribution in [0.1, 0.15) is 60.3 Å². The Kier molecular flexibility index (Phi) is 5.65. The molecule has 0 bridgehead atoms. The number of carboxylic acid groups (broad SMARTS) is 1. The summed E-state index contributed by atoms with van der Waals surface area (Å²) >= 11 is 0. The Morgan fingerprint density at radius 2 is 1.86 bits per heavy atom. The van der Waals surface area contributed by atoms with Crippen molar-refractivity contribution in [2.24, 2.45) is 17.3 Å². The molecule has 122 valence electrons. The highest BCUT2D eigenvalue weighted by Gasteiger charge is 2.48. The van der Waals surface area contributed by atoms with Gasteiger partial charge in [-0.1, -0.05) is 20.3 Å². The van der Waals surface area contributed by atoms with Crippen molar-refractivity contribution in [3.8, 4) is 0 Å². The van der Waals surface area contributed by atoms with Gasteiger partial charge in [-0.25, -0.2) is 4.79 Å². The molecular weight excluding hydrogens is 270 g/mol. The van der Waals surface area contributed by atoms with E-state index in [1.807, 2.05) is 13.8 Å². The van der Waals surface area contributed by atoms with Crippen molar-refractivity contribution in [2.45, 2.75) is 65.9 Å². The van der Waals surface area contributed by atoms with E-state index >= 15 is 0 Å². The molecule has 0 aliphatic heterocycles. The Balaban J connectivity index is 2.77. The van der Waals surface area contributed by atoms with Gasteiger partial charge >= 0.3 is 12.1 Å². The van der Waals surface area contributed by atoms with Gasteiger partial charge < -0.3 is 15.2 Å². The monoisotopic (exact) mass is 299 g/mol. The lowest BCUT2D eigenvalue weighted by Crippen LogP contribution is -2.51. The van der Waals surface area contributed by atoms with E-state index < -0.39 is 23.1 Å². The van der Waals surface area contributed by atoms with Crippen LogP contribution < -0.4 is 5.32 Å². The van der Waals surface area contributed by atoms with Crippen LogP contribution in [0.15, 0.2) is 0 Å². The summed E-state index contributed by atoms with van der Waals surface area (Å²) in [5, 5.41) is 12.4. The SMILES string of the molecule is CC(C)CC(CNC(=O)OC(C)(C)C)(C(=O)O)C1CCC1. The molecule has 0 heterocycles. The zero-order chi connectivity index (χ0) is 16.3. The maximum Gasteiger partial charge on any atom is 0.407 e. The van der Waals surface area contributed by atoms with E-state index in [0.29, 0.717) is 6.42 Å². The van der Waals surface area contributed by atoms with Crippen LogP contribution in [0.2, 0.25) is 0 Å². The number of nitrogens with one attached hydrogen (secondary N) is 1. The standard InChI is InChI=1S/C16H29NO4/c1-11(2)9-16(13(18)19,12-7-6-8-12)10-17-14(20)21-15(3,4)5/h11-12H,6-10H2,1-5H3,(H,17,20)(H,18,19). The number of hydrogen-bond donors (Lipinski definition) is 2.